The van der Waals surface area contributed by atoms with Crippen molar-refractivity contribution in [1.82, 2.24) is 0 Å². The molecule has 0 aliphatic rings. The minimum absolute atomic E-state index is 0. The maximum absolute atomic E-state index is 9.96. The number of carbonyl (C=O) groups excluding carboxylic acids is 1. The number of hydrogen-bond donors (Lipinski definition) is 2. The van der Waals surface area contributed by atoms with Crippen LogP contribution in [0.2, 0.25) is 0 Å². The number of rotatable bonds is 4. The van der Waals surface area contributed by atoms with Crippen LogP contribution in [0.3, 0.4) is 0 Å². The third kappa shape index (κ3) is 31.4. The Labute approximate surface area is 105 Å². The van der Waals surface area contributed by atoms with E-state index in [0.717, 1.165) is 5.75 Å². The van der Waals surface area contributed by atoms with E-state index in [1.165, 1.54) is 0 Å². The molecule has 15 heavy (non-hydrogen) atoms. The van der Waals surface area contributed by atoms with Crippen LogP contribution in [0.25, 0.3) is 0 Å². The molecular formula is C5H11NO6S2Zn. The smallest absolute Gasteiger partial charge is 0.726 e. The monoisotopic (exact) mass is 309 g/mol. The number of hydrogen-bond acceptors (Lipinski definition) is 7. The molecule has 86 valence electrons. The zero-order chi connectivity index (χ0) is 11.8. The van der Waals surface area contributed by atoms with Gasteiger partial charge in [-0.05, 0) is 18.4 Å². The summed E-state index contributed by atoms with van der Waals surface area (Å²) in [6.07, 6.45) is 2.39. The van der Waals surface area contributed by atoms with E-state index in [-0.39, 0.29) is 19.5 Å². The van der Waals surface area contributed by atoms with Crippen LogP contribution in [-0.2, 0) is 34.7 Å². The van der Waals surface area contributed by atoms with Crippen molar-refractivity contribution < 1.29 is 46.9 Å². The van der Waals surface area contributed by atoms with Crippen LogP contribution in [0.15, 0.2) is 0 Å². The Morgan fingerprint density at radius 2 is 1.93 bits per heavy atom. The minimum atomic E-state index is -4.92. The van der Waals surface area contributed by atoms with E-state index in [2.05, 4.69) is 0 Å². The summed E-state index contributed by atoms with van der Waals surface area (Å²) < 4.78 is 32.8. The zero-order valence-electron chi connectivity index (χ0n) is 8.08. The van der Waals surface area contributed by atoms with Gasteiger partial charge in [0.1, 0.15) is 0 Å². The first-order valence-corrected chi connectivity index (χ1v) is 6.08. The van der Waals surface area contributed by atoms with E-state index in [1.807, 2.05) is 6.26 Å². The first-order chi connectivity index (χ1) is 6.18. The molecule has 0 aromatic rings. The van der Waals surface area contributed by atoms with Gasteiger partial charge in [-0.1, -0.05) is 0 Å². The van der Waals surface area contributed by atoms with Gasteiger partial charge in [0.25, 0.3) is 0 Å². The second-order valence-electron chi connectivity index (χ2n) is 2.13. The van der Waals surface area contributed by atoms with Gasteiger partial charge >= 0.3 is 19.5 Å². The fraction of sp³-hybridized carbons (Fsp3) is 0.800. The van der Waals surface area contributed by atoms with Gasteiger partial charge in [-0.2, -0.15) is 11.8 Å². The second kappa shape index (κ2) is 10.8. The zero-order valence-corrected chi connectivity index (χ0v) is 12.7. The Balaban J connectivity index is -0.000000208. The molecule has 0 radical (unpaired) electrons. The molecular weight excluding hydrogens is 300 g/mol. The molecule has 0 amide bonds. The van der Waals surface area contributed by atoms with Gasteiger partial charge in [-0.3, -0.25) is 4.55 Å². The van der Waals surface area contributed by atoms with Crippen molar-refractivity contribution in [1.29, 1.82) is 0 Å². The third-order valence-electron chi connectivity index (χ3n) is 0.936. The number of carbonyl (C=O) groups is 1. The molecule has 1 atom stereocenters. The Kier molecular flexibility index (Phi) is 14.8. The number of carboxylic acids is 1. The quantitative estimate of drug-likeness (QED) is 0.339. The van der Waals surface area contributed by atoms with Gasteiger partial charge in [0.15, 0.2) is 0 Å². The molecule has 0 saturated heterocycles. The van der Waals surface area contributed by atoms with Gasteiger partial charge in [0, 0.05) is 6.04 Å². The number of carboxylic acid groups (broad SMARTS) is 1. The largest absolute Gasteiger partial charge is 2.00 e. The molecule has 0 aromatic heterocycles. The van der Waals surface area contributed by atoms with E-state index < -0.39 is 22.4 Å². The van der Waals surface area contributed by atoms with Crippen LogP contribution in [0, 0.1) is 0 Å². The SMILES string of the molecule is CSCCC(N)C(=O)[O-].O=S(=O)([O-])O.[Zn+2]. The molecule has 0 spiro atoms. The van der Waals surface area contributed by atoms with Gasteiger partial charge in [0.05, 0.1) is 5.97 Å². The first-order valence-electron chi connectivity index (χ1n) is 3.32. The van der Waals surface area contributed by atoms with Crippen LogP contribution in [0.5, 0.6) is 0 Å². The molecule has 3 N–H and O–H groups in total. The Morgan fingerprint density at radius 3 is 2.13 bits per heavy atom. The van der Waals surface area contributed by atoms with E-state index in [0.29, 0.717) is 6.42 Å². The van der Waals surface area contributed by atoms with Crippen LogP contribution < -0.4 is 10.8 Å². The van der Waals surface area contributed by atoms with Crippen molar-refractivity contribution in [2.75, 3.05) is 12.0 Å². The van der Waals surface area contributed by atoms with Crippen LogP contribution in [-0.4, -0.2) is 41.5 Å². The molecule has 0 aromatic carbocycles. The molecule has 0 fully saturated rings. The fourth-order valence-corrected chi connectivity index (χ4v) is 0.852. The summed E-state index contributed by atoms with van der Waals surface area (Å²) in [6, 6.07) is -0.794. The maximum atomic E-state index is 9.96. The summed E-state index contributed by atoms with van der Waals surface area (Å²) in [4.78, 5) is 9.96. The maximum Gasteiger partial charge on any atom is 2.00 e. The van der Waals surface area contributed by atoms with Crippen molar-refractivity contribution >= 4 is 28.1 Å². The van der Waals surface area contributed by atoms with Crippen LogP contribution in [0.4, 0.5) is 0 Å². The molecule has 0 aliphatic carbocycles. The fourth-order valence-electron chi connectivity index (χ4n) is 0.363. The van der Waals surface area contributed by atoms with E-state index in [1.54, 1.807) is 11.8 Å². The average Bonchev–Trinajstić information content (AvgIpc) is 1.96. The third-order valence-corrected chi connectivity index (χ3v) is 1.58. The molecule has 10 heteroatoms. The van der Waals surface area contributed by atoms with Crippen molar-refractivity contribution in [2.24, 2.45) is 5.73 Å². The summed E-state index contributed by atoms with van der Waals surface area (Å²) in [5, 5.41) is 9.96. The molecule has 0 bridgehead atoms. The Bertz CT molecular complexity index is 248. The molecule has 7 nitrogen and oxygen atoms in total. The number of thioether (sulfide) groups is 1. The Morgan fingerprint density at radius 1 is 1.60 bits per heavy atom. The number of nitrogens with two attached hydrogens (primary N) is 1. The summed E-state index contributed by atoms with van der Waals surface area (Å²) >= 11 is 1.58. The van der Waals surface area contributed by atoms with E-state index in [4.69, 9.17) is 23.3 Å². The van der Waals surface area contributed by atoms with Crippen molar-refractivity contribution in [3.05, 3.63) is 0 Å². The molecule has 1 unspecified atom stereocenters. The molecule has 0 aliphatic heterocycles. The first kappa shape index (κ1) is 20.7. The summed E-state index contributed by atoms with van der Waals surface area (Å²) in [7, 11) is -4.92. The normalized spacial score (nSPS) is 11.7. The van der Waals surface area contributed by atoms with Gasteiger partial charge < -0.3 is 20.2 Å². The topological polar surface area (TPSA) is 144 Å². The molecule has 0 heterocycles. The van der Waals surface area contributed by atoms with Crippen molar-refractivity contribution in [3.8, 4) is 0 Å². The van der Waals surface area contributed by atoms with Gasteiger partial charge in [-0.25, -0.2) is 8.42 Å². The summed E-state index contributed by atoms with van der Waals surface area (Å²) in [5.74, 6) is -0.390. The van der Waals surface area contributed by atoms with Crippen molar-refractivity contribution in [2.45, 2.75) is 12.5 Å². The number of aliphatic carboxylic acids is 1. The van der Waals surface area contributed by atoms with E-state index >= 15 is 0 Å². The molecule has 0 saturated carbocycles. The van der Waals surface area contributed by atoms with E-state index in [9.17, 15) is 9.90 Å². The van der Waals surface area contributed by atoms with Gasteiger partial charge in [-0.15, -0.1) is 0 Å². The standard InChI is InChI=1S/C5H11NO2S.H2O4S.Zn/c1-9-3-2-4(6)5(7)8;1-5(2,3)4;/h4H,2-3,6H2,1H3,(H,7,8);(H2,1,2,3,4);/q;;+2/p-2. The van der Waals surface area contributed by atoms with Crippen molar-refractivity contribution in [3.63, 3.8) is 0 Å². The van der Waals surface area contributed by atoms with Gasteiger partial charge in [0.2, 0.25) is 10.4 Å². The summed E-state index contributed by atoms with van der Waals surface area (Å²) in [5.41, 5.74) is 5.13. The van der Waals surface area contributed by atoms with Crippen LogP contribution in [0.1, 0.15) is 6.42 Å². The average molecular weight is 311 g/mol. The molecule has 0 rings (SSSR count). The minimum Gasteiger partial charge on any atom is -0.726 e. The summed E-state index contributed by atoms with van der Waals surface area (Å²) in [6.45, 7) is 0. The second-order valence-corrected chi connectivity index (χ2v) is 3.98. The predicted octanol–water partition coefficient (Wildman–Crippen LogP) is -2.18. The van der Waals surface area contributed by atoms with Crippen LogP contribution >= 0.6 is 11.8 Å². The predicted molar refractivity (Wildman–Crippen MR) is 48.3 cm³/mol. The Hall–Kier alpha value is 0.273.